The zero-order chi connectivity index (χ0) is 27.4. The van der Waals surface area contributed by atoms with E-state index in [9.17, 15) is 28.0 Å². The number of aromatic amines is 2. The maximum absolute atomic E-state index is 13.4. The molecule has 0 spiro atoms. The van der Waals surface area contributed by atoms with E-state index in [1.807, 2.05) is 0 Å². The quantitative estimate of drug-likeness (QED) is 0.351. The number of hydrogen-bond acceptors (Lipinski definition) is 6. The van der Waals surface area contributed by atoms with Gasteiger partial charge in [-0.2, -0.15) is 23.5 Å². The molecule has 0 atom stereocenters. The number of nitrogens with one attached hydrogen (secondary N) is 2. The Morgan fingerprint density at radius 3 is 2.63 bits per heavy atom. The molecule has 0 aliphatic rings. The molecule has 0 saturated heterocycles. The van der Waals surface area contributed by atoms with Crippen molar-refractivity contribution in [1.82, 2.24) is 20.2 Å². The molecule has 38 heavy (non-hydrogen) atoms. The highest BCUT2D eigenvalue weighted by Crippen LogP contribution is 2.35. The topological polar surface area (TPSA) is 128 Å². The second-order valence-electron chi connectivity index (χ2n) is 7.97. The van der Waals surface area contributed by atoms with Crippen LogP contribution in [0.3, 0.4) is 0 Å². The number of halogens is 4. The normalized spacial score (nSPS) is 11.2. The fraction of sp³-hybridized carbons (Fsp3) is 0.160. The van der Waals surface area contributed by atoms with Crippen LogP contribution in [-0.2, 0) is 12.6 Å². The van der Waals surface area contributed by atoms with E-state index < -0.39 is 23.5 Å². The summed E-state index contributed by atoms with van der Waals surface area (Å²) in [5.41, 5.74) is -1.08. The number of H-pyrrole nitrogens is 2. The van der Waals surface area contributed by atoms with E-state index >= 15 is 0 Å². The van der Waals surface area contributed by atoms with Crippen molar-refractivity contribution in [3.8, 4) is 22.9 Å². The van der Waals surface area contributed by atoms with E-state index in [4.69, 9.17) is 16.3 Å². The van der Waals surface area contributed by atoms with Crippen molar-refractivity contribution in [2.24, 2.45) is 0 Å². The number of ether oxygens (including phenoxy) is 1. The molecule has 0 radical (unpaired) electrons. The second-order valence-corrected chi connectivity index (χ2v) is 8.38. The van der Waals surface area contributed by atoms with E-state index in [0.717, 1.165) is 6.20 Å². The predicted octanol–water partition coefficient (Wildman–Crippen LogP) is 4.60. The average Bonchev–Trinajstić information content (AvgIpc) is 3.32. The zero-order valence-corrected chi connectivity index (χ0v) is 20.4. The SMILES string of the molecule is CN(C(=O)c1ccc(Cl)c(-c2cnc(C(F)(F)F)cc2C#N)c1)c1ccccc1OCCc1n[nH]c(=O)[nH]1. The van der Waals surface area contributed by atoms with Crippen LogP contribution in [0.1, 0.15) is 27.4 Å². The van der Waals surface area contributed by atoms with Gasteiger partial charge in [-0.1, -0.05) is 23.7 Å². The third-order valence-corrected chi connectivity index (χ3v) is 5.83. The van der Waals surface area contributed by atoms with Crippen molar-refractivity contribution in [1.29, 1.82) is 5.26 Å². The Morgan fingerprint density at radius 1 is 1.18 bits per heavy atom. The summed E-state index contributed by atoms with van der Waals surface area (Å²) in [4.78, 5) is 31.8. The first-order valence-electron chi connectivity index (χ1n) is 11.0. The molecule has 0 aliphatic carbocycles. The van der Waals surface area contributed by atoms with E-state index in [1.54, 1.807) is 30.3 Å². The molecule has 2 aromatic carbocycles. The molecule has 9 nitrogen and oxygen atoms in total. The van der Waals surface area contributed by atoms with Crippen LogP contribution in [-0.4, -0.2) is 39.7 Å². The maximum atomic E-state index is 13.4. The van der Waals surface area contributed by atoms with Gasteiger partial charge >= 0.3 is 11.9 Å². The molecule has 0 fully saturated rings. The molecule has 1 amide bonds. The molecule has 4 aromatic rings. The molecule has 0 bridgehead atoms. The Kier molecular flexibility index (Phi) is 7.50. The summed E-state index contributed by atoms with van der Waals surface area (Å²) in [5.74, 6) is 0.350. The van der Waals surface area contributed by atoms with Crippen LogP contribution in [0, 0.1) is 11.3 Å². The molecule has 2 heterocycles. The summed E-state index contributed by atoms with van der Waals surface area (Å²) in [6.45, 7) is 0.169. The molecule has 0 saturated carbocycles. The molecule has 0 aliphatic heterocycles. The molecule has 0 unspecified atom stereocenters. The number of anilines is 1. The van der Waals surface area contributed by atoms with Gasteiger partial charge in [0, 0.05) is 41.4 Å². The number of nitrogens with zero attached hydrogens (tertiary/aromatic N) is 4. The average molecular weight is 543 g/mol. The highest BCUT2D eigenvalue weighted by atomic mass is 35.5. The first kappa shape index (κ1) is 26.4. The van der Waals surface area contributed by atoms with Gasteiger partial charge in [0.25, 0.3) is 5.91 Å². The third-order valence-electron chi connectivity index (χ3n) is 5.50. The molecule has 2 aromatic heterocycles. The van der Waals surface area contributed by atoms with Gasteiger partial charge in [0.1, 0.15) is 17.3 Å². The fourth-order valence-corrected chi connectivity index (χ4v) is 3.84. The summed E-state index contributed by atoms with van der Waals surface area (Å²) in [7, 11) is 1.53. The first-order chi connectivity index (χ1) is 18.1. The standard InChI is InChI=1S/C25H18ClF3N6O3/c1-35(19-4-2-3-5-20(19)38-9-8-22-32-24(37)34-33-22)23(36)14-6-7-18(26)16(10-14)17-13-31-21(25(27,28)29)11-15(17)12-30/h2-7,10-11,13H,8-9H2,1H3,(H2,32,33,34,37). The van der Waals surface area contributed by atoms with Crippen molar-refractivity contribution in [2.45, 2.75) is 12.6 Å². The van der Waals surface area contributed by atoms with Gasteiger partial charge in [-0.25, -0.2) is 9.89 Å². The van der Waals surface area contributed by atoms with Crippen LogP contribution in [0.15, 0.2) is 59.5 Å². The highest BCUT2D eigenvalue weighted by Gasteiger charge is 2.33. The van der Waals surface area contributed by atoms with Crippen molar-refractivity contribution in [3.05, 3.63) is 92.9 Å². The van der Waals surface area contributed by atoms with Crippen LogP contribution in [0.5, 0.6) is 5.75 Å². The molecule has 4 rings (SSSR count). The molecule has 194 valence electrons. The van der Waals surface area contributed by atoms with Crippen LogP contribution >= 0.6 is 11.6 Å². The van der Waals surface area contributed by atoms with Gasteiger partial charge < -0.3 is 9.64 Å². The van der Waals surface area contributed by atoms with Gasteiger partial charge in [-0.15, -0.1) is 0 Å². The minimum atomic E-state index is -4.72. The summed E-state index contributed by atoms with van der Waals surface area (Å²) >= 11 is 6.29. The lowest BCUT2D eigenvalue weighted by Crippen LogP contribution is -2.27. The first-order valence-corrected chi connectivity index (χ1v) is 11.4. The van der Waals surface area contributed by atoms with E-state index in [1.165, 1.54) is 30.1 Å². The van der Waals surface area contributed by atoms with Crippen molar-refractivity contribution in [3.63, 3.8) is 0 Å². The molecule has 2 N–H and O–H groups in total. The number of nitriles is 1. The minimum Gasteiger partial charge on any atom is -0.491 e. The second kappa shape index (κ2) is 10.8. The van der Waals surface area contributed by atoms with Gasteiger partial charge in [0.15, 0.2) is 0 Å². The van der Waals surface area contributed by atoms with E-state index in [0.29, 0.717) is 29.7 Å². The largest absolute Gasteiger partial charge is 0.491 e. The number of benzene rings is 2. The summed E-state index contributed by atoms with van der Waals surface area (Å²) in [6, 6.07) is 13.4. The number of carbonyl (C=O) groups is 1. The lowest BCUT2D eigenvalue weighted by molar-refractivity contribution is -0.141. The number of para-hydroxylation sites is 2. The lowest BCUT2D eigenvalue weighted by atomic mass is 9.99. The maximum Gasteiger partial charge on any atom is 0.433 e. The third kappa shape index (κ3) is 5.68. The lowest BCUT2D eigenvalue weighted by Gasteiger charge is -2.21. The predicted molar refractivity (Wildman–Crippen MR) is 132 cm³/mol. The Balaban J connectivity index is 1.60. The number of hydrogen-bond donors (Lipinski definition) is 2. The monoisotopic (exact) mass is 542 g/mol. The van der Waals surface area contributed by atoms with E-state index in [-0.39, 0.29) is 33.9 Å². The van der Waals surface area contributed by atoms with Gasteiger partial charge in [-0.3, -0.25) is 14.8 Å². The van der Waals surface area contributed by atoms with Crippen LogP contribution in [0.25, 0.3) is 11.1 Å². The number of carbonyl (C=O) groups excluding carboxylic acids is 1. The molecular weight excluding hydrogens is 525 g/mol. The van der Waals surface area contributed by atoms with Crippen molar-refractivity contribution in [2.75, 3.05) is 18.6 Å². The van der Waals surface area contributed by atoms with Gasteiger partial charge in [-0.05, 0) is 36.4 Å². The Morgan fingerprint density at radius 2 is 1.95 bits per heavy atom. The van der Waals surface area contributed by atoms with Crippen LogP contribution in [0.4, 0.5) is 18.9 Å². The number of rotatable bonds is 7. The number of alkyl halides is 3. The molecule has 13 heteroatoms. The fourth-order valence-electron chi connectivity index (χ4n) is 3.62. The Hall–Kier alpha value is -4.63. The van der Waals surface area contributed by atoms with Gasteiger partial charge in [0.2, 0.25) is 0 Å². The summed E-state index contributed by atoms with van der Waals surface area (Å²) in [6.07, 6.45) is -3.50. The summed E-state index contributed by atoms with van der Waals surface area (Å²) in [5, 5.41) is 15.7. The zero-order valence-electron chi connectivity index (χ0n) is 19.6. The van der Waals surface area contributed by atoms with Crippen LogP contribution in [0.2, 0.25) is 5.02 Å². The van der Waals surface area contributed by atoms with E-state index in [2.05, 4.69) is 20.2 Å². The van der Waals surface area contributed by atoms with Gasteiger partial charge in [0.05, 0.1) is 23.9 Å². The smallest absolute Gasteiger partial charge is 0.433 e. The Bertz CT molecular complexity index is 1590. The number of amides is 1. The minimum absolute atomic E-state index is 0.0583. The molecular formula is C25H18ClF3N6O3. The van der Waals surface area contributed by atoms with Crippen molar-refractivity contribution >= 4 is 23.2 Å². The van der Waals surface area contributed by atoms with Crippen molar-refractivity contribution < 1.29 is 22.7 Å². The Labute approximate surface area is 218 Å². The number of aromatic nitrogens is 4. The summed E-state index contributed by atoms with van der Waals surface area (Å²) < 4.78 is 45.0. The van der Waals surface area contributed by atoms with Crippen LogP contribution < -0.4 is 15.3 Å². The highest BCUT2D eigenvalue weighted by molar-refractivity contribution is 6.33. The number of pyridine rings is 1.